The molecule has 0 fully saturated rings. The van der Waals surface area contributed by atoms with Crippen LogP contribution < -0.4 is 20.9 Å². The lowest BCUT2D eigenvalue weighted by atomic mass is 10.1. The van der Waals surface area contributed by atoms with Crippen LogP contribution in [0.4, 0.5) is 10.5 Å². The Morgan fingerprint density at radius 3 is 2.36 bits per heavy atom. The Kier molecular flexibility index (Phi) is 8.07. The van der Waals surface area contributed by atoms with Crippen LogP contribution in [0.3, 0.4) is 0 Å². The highest BCUT2D eigenvalue weighted by atomic mass is 16.2. The second-order valence-corrected chi connectivity index (χ2v) is 6.76. The van der Waals surface area contributed by atoms with E-state index in [4.69, 9.17) is 0 Å². The summed E-state index contributed by atoms with van der Waals surface area (Å²) in [4.78, 5) is 36.2. The molecule has 1 atom stereocenters. The molecule has 0 saturated carbocycles. The highest BCUT2D eigenvalue weighted by Gasteiger charge is 2.16. The summed E-state index contributed by atoms with van der Waals surface area (Å²) < 4.78 is 0. The first-order valence-corrected chi connectivity index (χ1v) is 8.44. The summed E-state index contributed by atoms with van der Waals surface area (Å²) in [6.45, 7) is 8.54. The number of carbonyl (C=O) groups excluding carboxylic acids is 3. The van der Waals surface area contributed by atoms with Crippen molar-refractivity contribution in [2.24, 2.45) is 5.92 Å². The number of likely N-dealkylation sites (N-methyl/N-ethyl adjacent to an activating group) is 1. The third kappa shape index (κ3) is 7.80. The molecule has 0 spiro atoms. The molecule has 1 unspecified atom stereocenters. The van der Waals surface area contributed by atoms with Crippen molar-refractivity contribution >= 4 is 23.5 Å². The maximum absolute atomic E-state index is 12.1. The topological polar surface area (TPSA) is 91.7 Å². The van der Waals surface area contributed by atoms with Crippen molar-refractivity contribution < 1.29 is 19.3 Å². The van der Waals surface area contributed by atoms with Crippen LogP contribution in [0.25, 0.3) is 0 Å². The van der Waals surface area contributed by atoms with Gasteiger partial charge in [-0.3, -0.25) is 14.9 Å². The molecular weight excluding hydrogens is 320 g/mol. The van der Waals surface area contributed by atoms with Gasteiger partial charge in [0.25, 0.3) is 11.8 Å². The number of nitrogens with one attached hydrogen (secondary N) is 4. The molecule has 0 aromatic heterocycles. The second-order valence-electron chi connectivity index (χ2n) is 6.76. The van der Waals surface area contributed by atoms with Gasteiger partial charge in [-0.05, 0) is 37.0 Å². The molecule has 7 nitrogen and oxygen atoms in total. The molecule has 0 bridgehead atoms. The largest absolute Gasteiger partial charge is 0.338 e. The van der Waals surface area contributed by atoms with E-state index >= 15 is 0 Å². The van der Waals surface area contributed by atoms with E-state index in [1.807, 2.05) is 45.9 Å². The average molecular weight is 349 g/mol. The number of hydrogen-bond acceptors (Lipinski definition) is 3. The molecule has 1 rings (SSSR count). The molecule has 0 radical (unpaired) electrons. The van der Waals surface area contributed by atoms with E-state index in [0.29, 0.717) is 17.4 Å². The number of anilines is 1. The second kappa shape index (κ2) is 9.78. The van der Waals surface area contributed by atoms with Crippen LogP contribution in [0, 0.1) is 19.8 Å². The van der Waals surface area contributed by atoms with Crippen molar-refractivity contribution in [2.45, 2.75) is 27.7 Å². The van der Waals surface area contributed by atoms with E-state index in [2.05, 4.69) is 16.0 Å². The van der Waals surface area contributed by atoms with Crippen molar-refractivity contribution in [3.05, 3.63) is 29.3 Å². The monoisotopic (exact) mass is 349 g/mol. The maximum Gasteiger partial charge on any atom is 0.321 e. The molecule has 25 heavy (non-hydrogen) atoms. The Labute approximate surface area is 149 Å². The van der Waals surface area contributed by atoms with Gasteiger partial charge in [-0.1, -0.05) is 26.0 Å². The minimum atomic E-state index is -0.508. The summed E-state index contributed by atoms with van der Waals surface area (Å²) in [6, 6.07) is 5.21. The molecule has 138 valence electrons. The minimum absolute atomic E-state index is 0.0370. The van der Waals surface area contributed by atoms with Crippen LogP contribution in [0.5, 0.6) is 0 Å². The maximum atomic E-state index is 12.1. The van der Waals surface area contributed by atoms with E-state index < -0.39 is 11.9 Å². The molecule has 1 aromatic rings. The molecule has 0 heterocycles. The van der Waals surface area contributed by atoms with Crippen molar-refractivity contribution in [3.8, 4) is 0 Å². The predicted molar refractivity (Wildman–Crippen MR) is 97.5 cm³/mol. The number of hydrogen-bond donors (Lipinski definition) is 4. The van der Waals surface area contributed by atoms with Gasteiger partial charge in [-0.25, -0.2) is 4.79 Å². The normalized spacial score (nSPS) is 11.8. The van der Waals surface area contributed by atoms with Crippen molar-refractivity contribution in [3.63, 3.8) is 0 Å². The fourth-order valence-electron chi connectivity index (χ4n) is 2.20. The van der Waals surface area contributed by atoms with Crippen molar-refractivity contribution in [1.29, 1.82) is 0 Å². The Hall–Kier alpha value is -2.41. The SMILES string of the molecule is Cc1cccc(NC(=O)C[NH+](C)CC(=O)NC(=O)NCC(C)C)c1C. The van der Waals surface area contributed by atoms with Crippen LogP contribution in [-0.4, -0.2) is 44.5 Å². The highest BCUT2D eigenvalue weighted by Crippen LogP contribution is 2.17. The van der Waals surface area contributed by atoms with Crippen LogP contribution >= 0.6 is 0 Å². The number of benzene rings is 1. The Balaban J connectivity index is 2.41. The first-order valence-electron chi connectivity index (χ1n) is 8.44. The van der Waals surface area contributed by atoms with E-state index in [-0.39, 0.29) is 19.0 Å². The van der Waals surface area contributed by atoms with Gasteiger partial charge in [-0.2, -0.15) is 0 Å². The minimum Gasteiger partial charge on any atom is -0.338 e. The molecule has 0 aliphatic rings. The molecule has 7 heteroatoms. The molecule has 1 aromatic carbocycles. The zero-order valence-corrected chi connectivity index (χ0v) is 15.7. The lowest BCUT2D eigenvalue weighted by Crippen LogP contribution is -3.11. The summed E-state index contributed by atoms with van der Waals surface area (Å²) in [5, 5.41) is 7.73. The summed E-state index contributed by atoms with van der Waals surface area (Å²) in [6.07, 6.45) is 0. The first kappa shape index (κ1) is 20.6. The van der Waals surface area contributed by atoms with Gasteiger partial charge in [0.15, 0.2) is 13.1 Å². The van der Waals surface area contributed by atoms with E-state index in [9.17, 15) is 14.4 Å². The van der Waals surface area contributed by atoms with Crippen LogP contribution in [-0.2, 0) is 9.59 Å². The lowest BCUT2D eigenvalue weighted by Gasteiger charge is -2.15. The fraction of sp³-hybridized carbons (Fsp3) is 0.500. The number of aryl methyl sites for hydroxylation is 1. The molecule has 4 amide bonds. The van der Waals surface area contributed by atoms with Crippen molar-refractivity contribution in [1.82, 2.24) is 10.6 Å². The summed E-state index contributed by atoms with van der Waals surface area (Å²) >= 11 is 0. The smallest absolute Gasteiger partial charge is 0.321 e. The first-order chi connectivity index (χ1) is 11.7. The van der Waals surface area contributed by atoms with Gasteiger partial charge in [0.2, 0.25) is 0 Å². The standard InChI is InChI=1S/C18H28N4O3/c1-12(2)9-19-18(25)21-17(24)11-22(5)10-16(23)20-15-8-6-7-13(3)14(15)4/h6-8,12H,9-11H2,1-5H3,(H,20,23)(H2,19,21,24,25)/p+1. The van der Waals surface area contributed by atoms with Gasteiger partial charge >= 0.3 is 6.03 Å². The number of imide groups is 1. The third-order valence-corrected chi connectivity index (χ3v) is 3.73. The quantitative estimate of drug-likeness (QED) is 0.568. The Bertz CT molecular complexity index is 629. The van der Waals surface area contributed by atoms with Gasteiger partial charge in [-0.15, -0.1) is 0 Å². The van der Waals surface area contributed by atoms with Gasteiger partial charge < -0.3 is 15.5 Å². The van der Waals surface area contributed by atoms with Crippen LogP contribution in [0.15, 0.2) is 18.2 Å². The fourth-order valence-corrected chi connectivity index (χ4v) is 2.20. The molecule has 0 aliphatic heterocycles. The summed E-state index contributed by atoms with van der Waals surface area (Å²) in [5.41, 5.74) is 2.90. The molecule has 4 N–H and O–H groups in total. The van der Waals surface area contributed by atoms with Gasteiger partial charge in [0.05, 0.1) is 7.05 Å². The van der Waals surface area contributed by atoms with Crippen molar-refractivity contribution in [2.75, 3.05) is 32.0 Å². The zero-order valence-electron chi connectivity index (χ0n) is 15.7. The van der Waals surface area contributed by atoms with E-state index in [0.717, 1.165) is 16.8 Å². The number of urea groups is 1. The third-order valence-electron chi connectivity index (χ3n) is 3.73. The molecule has 0 saturated heterocycles. The zero-order chi connectivity index (χ0) is 19.0. The predicted octanol–water partition coefficient (Wildman–Crippen LogP) is 0.238. The molecule has 0 aliphatic carbocycles. The van der Waals surface area contributed by atoms with Crippen LogP contribution in [0.2, 0.25) is 0 Å². The van der Waals surface area contributed by atoms with Crippen LogP contribution in [0.1, 0.15) is 25.0 Å². The number of carbonyl (C=O) groups is 3. The molecular formula is C18H29N4O3+. The average Bonchev–Trinajstić information content (AvgIpc) is 2.49. The lowest BCUT2D eigenvalue weighted by molar-refractivity contribution is -0.862. The highest BCUT2D eigenvalue weighted by molar-refractivity contribution is 5.95. The van der Waals surface area contributed by atoms with Gasteiger partial charge in [0.1, 0.15) is 0 Å². The number of rotatable bonds is 7. The van der Waals surface area contributed by atoms with E-state index in [1.54, 1.807) is 7.05 Å². The summed E-state index contributed by atoms with van der Waals surface area (Å²) in [7, 11) is 1.73. The summed E-state index contributed by atoms with van der Waals surface area (Å²) in [5.74, 6) is -0.288. The number of amides is 4. The van der Waals surface area contributed by atoms with E-state index in [1.165, 1.54) is 0 Å². The Morgan fingerprint density at radius 2 is 1.72 bits per heavy atom. The Morgan fingerprint density at radius 1 is 1.08 bits per heavy atom. The van der Waals surface area contributed by atoms with Gasteiger partial charge in [0, 0.05) is 12.2 Å². The number of quaternary nitrogens is 1.